The maximum atomic E-state index is 11.9. The molecule has 2 N–H and O–H groups in total. The fourth-order valence-corrected chi connectivity index (χ4v) is 2.82. The van der Waals surface area contributed by atoms with Gasteiger partial charge in [0.15, 0.2) is 0 Å². The standard InChI is InChI=1S/C15H18ClNO3/c16-11-6-7-13(12(9-11)15(19)20)17-14(18)8-5-10-3-1-2-4-10/h6-7,9-10H,1-5,8H2,(H,17,18)(H,19,20). The molecule has 0 aliphatic heterocycles. The number of benzene rings is 1. The summed E-state index contributed by atoms with van der Waals surface area (Å²) in [6, 6.07) is 4.44. The Morgan fingerprint density at radius 2 is 2.00 bits per heavy atom. The number of carboxylic acids is 1. The van der Waals surface area contributed by atoms with Gasteiger partial charge in [-0.05, 0) is 30.5 Å². The topological polar surface area (TPSA) is 66.4 Å². The molecule has 1 aromatic rings. The minimum absolute atomic E-state index is 0.0201. The van der Waals surface area contributed by atoms with Gasteiger partial charge in [-0.2, -0.15) is 0 Å². The zero-order chi connectivity index (χ0) is 14.5. The van der Waals surface area contributed by atoms with Crippen LogP contribution in [-0.4, -0.2) is 17.0 Å². The van der Waals surface area contributed by atoms with Crippen LogP contribution in [0.25, 0.3) is 0 Å². The van der Waals surface area contributed by atoms with Crippen LogP contribution in [0.1, 0.15) is 48.9 Å². The van der Waals surface area contributed by atoms with Crippen molar-refractivity contribution >= 4 is 29.2 Å². The Morgan fingerprint density at radius 3 is 2.65 bits per heavy atom. The molecule has 2 rings (SSSR count). The molecule has 1 aliphatic carbocycles. The van der Waals surface area contributed by atoms with Crippen molar-refractivity contribution in [1.29, 1.82) is 0 Å². The minimum atomic E-state index is -1.10. The summed E-state index contributed by atoms with van der Waals surface area (Å²) in [5.74, 6) is -0.592. The molecular formula is C15H18ClNO3. The number of halogens is 1. The highest BCUT2D eigenvalue weighted by Crippen LogP contribution is 2.28. The number of carbonyl (C=O) groups excluding carboxylic acids is 1. The third kappa shape index (κ3) is 3.97. The number of carbonyl (C=O) groups is 2. The molecule has 1 fully saturated rings. The molecule has 0 atom stereocenters. The van der Waals surface area contributed by atoms with E-state index in [1.165, 1.54) is 37.8 Å². The van der Waals surface area contributed by atoms with E-state index < -0.39 is 5.97 Å². The number of hydrogen-bond donors (Lipinski definition) is 2. The van der Waals surface area contributed by atoms with Gasteiger partial charge < -0.3 is 10.4 Å². The first-order valence-electron chi connectivity index (χ1n) is 6.89. The summed E-state index contributed by atoms with van der Waals surface area (Å²) in [4.78, 5) is 23.0. The molecule has 4 nitrogen and oxygen atoms in total. The fourth-order valence-electron chi connectivity index (χ4n) is 2.65. The van der Waals surface area contributed by atoms with Gasteiger partial charge in [0.1, 0.15) is 0 Å². The SMILES string of the molecule is O=C(CCC1CCCC1)Nc1ccc(Cl)cc1C(=O)O. The number of rotatable bonds is 5. The van der Waals surface area contributed by atoms with Crippen molar-refractivity contribution in [1.82, 2.24) is 0 Å². The third-order valence-corrected chi connectivity index (χ3v) is 3.98. The van der Waals surface area contributed by atoms with Gasteiger partial charge in [-0.3, -0.25) is 4.79 Å². The maximum absolute atomic E-state index is 11.9. The van der Waals surface area contributed by atoms with Crippen molar-refractivity contribution in [3.8, 4) is 0 Å². The predicted molar refractivity (Wildman–Crippen MR) is 78.2 cm³/mol. The van der Waals surface area contributed by atoms with Crippen molar-refractivity contribution in [2.75, 3.05) is 5.32 Å². The average molecular weight is 296 g/mol. The van der Waals surface area contributed by atoms with E-state index in [2.05, 4.69) is 5.32 Å². The van der Waals surface area contributed by atoms with Crippen molar-refractivity contribution < 1.29 is 14.7 Å². The van der Waals surface area contributed by atoms with Crippen LogP contribution in [0.5, 0.6) is 0 Å². The lowest BCUT2D eigenvalue weighted by Gasteiger charge is -2.11. The first kappa shape index (κ1) is 14.9. The van der Waals surface area contributed by atoms with Gasteiger partial charge in [0.25, 0.3) is 0 Å². The van der Waals surface area contributed by atoms with Gasteiger partial charge in [0.2, 0.25) is 5.91 Å². The summed E-state index contributed by atoms with van der Waals surface area (Å²) < 4.78 is 0. The minimum Gasteiger partial charge on any atom is -0.478 e. The Kier molecular flexibility index (Phi) is 5.01. The van der Waals surface area contributed by atoms with Crippen molar-refractivity contribution in [3.63, 3.8) is 0 Å². The summed E-state index contributed by atoms with van der Waals surface area (Å²) >= 11 is 5.77. The van der Waals surface area contributed by atoms with Crippen LogP contribution in [0.3, 0.4) is 0 Å². The van der Waals surface area contributed by atoms with Crippen molar-refractivity contribution in [2.45, 2.75) is 38.5 Å². The van der Waals surface area contributed by atoms with E-state index in [9.17, 15) is 9.59 Å². The number of aromatic carboxylic acids is 1. The van der Waals surface area contributed by atoms with Crippen molar-refractivity contribution in [2.24, 2.45) is 5.92 Å². The number of anilines is 1. The molecule has 5 heteroatoms. The Bertz CT molecular complexity index is 510. The van der Waals surface area contributed by atoms with E-state index in [0.717, 1.165) is 6.42 Å². The van der Waals surface area contributed by atoms with Crippen LogP contribution in [0.15, 0.2) is 18.2 Å². The zero-order valence-electron chi connectivity index (χ0n) is 11.2. The highest BCUT2D eigenvalue weighted by atomic mass is 35.5. The van der Waals surface area contributed by atoms with Crippen LogP contribution in [-0.2, 0) is 4.79 Å². The molecule has 1 amide bonds. The third-order valence-electron chi connectivity index (χ3n) is 3.74. The summed E-state index contributed by atoms with van der Waals surface area (Å²) in [6.45, 7) is 0. The monoisotopic (exact) mass is 295 g/mol. The van der Waals surface area contributed by atoms with E-state index in [1.807, 2.05) is 0 Å². The normalized spacial score (nSPS) is 15.2. The molecule has 1 aliphatic rings. The number of nitrogens with one attached hydrogen (secondary N) is 1. The molecule has 1 saturated carbocycles. The van der Waals surface area contributed by atoms with Crippen LogP contribution in [0, 0.1) is 5.92 Å². The second kappa shape index (κ2) is 6.75. The second-order valence-corrected chi connectivity index (χ2v) is 5.67. The molecule has 0 heterocycles. The number of amides is 1. The Morgan fingerprint density at radius 1 is 1.30 bits per heavy atom. The van der Waals surface area contributed by atoms with Crippen LogP contribution >= 0.6 is 11.6 Å². The first-order valence-corrected chi connectivity index (χ1v) is 7.27. The van der Waals surface area contributed by atoms with E-state index in [-0.39, 0.29) is 11.5 Å². The maximum Gasteiger partial charge on any atom is 0.337 e. The van der Waals surface area contributed by atoms with Gasteiger partial charge >= 0.3 is 5.97 Å². The smallest absolute Gasteiger partial charge is 0.337 e. The van der Waals surface area contributed by atoms with Gasteiger partial charge in [-0.1, -0.05) is 37.3 Å². The molecule has 1 aromatic carbocycles. The fraction of sp³-hybridized carbons (Fsp3) is 0.467. The van der Waals surface area contributed by atoms with Gasteiger partial charge in [0, 0.05) is 11.4 Å². The van der Waals surface area contributed by atoms with Gasteiger partial charge in [-0.25, -0.2) is 4.79 Å². The summed E-state index contributed by atoms with van der Waals surface area (Å²) in [6.07, 6.45) is 6.23. The Labute approximate surface area is 123 Å². The molecule has 0 bridgehead atoms. The first-order chi connectivity index (χ1) is 9.56. The average Bonchev–Trinajstić information content (AvgIpc) is 2.91. The Balaban J connectivity index is 1.94. The lowest BCUT2D eigenvalue weighted by molar-refractivity contribution is -0.116. The highest BCUT2D eigenvalue weighted by Gasteiger charge is 2.17. The number of hydrogen-bond acceptors (Lipinski definition) is 2. The molecule has 0 aromatic heterocycles. The predicted octanol–water partition coefficient (Wildman–Crippen LogP) is 3.95. The zero-order valence-corrected chi connectivity index (χ0v) is 11.9. The largest absolute Gasteiger partial charge is 0.478 e. The molecule has 0 saturated heterocycles. The molecule has 0 spiro atoms. The summed E-state index contributed by atoms with van der Waals surface area (Å²) in [7, 11) is 0. The van der Waals surface area contributed by atoms with Crippen LogP contribution < -0.4 is 5.32 Å². The molecule has 0 unspecified atom stereocenters. The van der Waals surface area contributed by atoms with E-state index in [0.29, 0.717) is 23.0 Å². The molecule has 0 radical (unpaired) electrons. The Hall–Kier alpha value is -1.55. The summed E-state index contributed by atoms with van der Waals surface area (Å²) in [5.41, 5.74) is 0.324. The van der Waals surface area contributed by atoms with Crippen LogP contribution in [0.4, 0.5) is 5.69 Å². The summed E-state index contributed by atoms with van der Waals surface area (Å²) in [5, 5.41) is 12.1. The molecule has 108 valence electrons. The van der Waals surface area contributed by atoms with Gasteiger partial charge in [-0.15, -0.1) is 0 Å². The lowest BCUT2D eigenvalue weighted by Crippen LogP contribution is -2.15. The van der Waals surface area contributed by atoms with Gasteiger partial charge in [0.05, 0.1) is 11.3 Å². The quantitative estimate of drug-likeness (QED) is 0.864. The molecule has 20 heavy (non-hydrogen) atoms. The highest BCUT2D eigenvalue weighted by molar-refractivity contribution is 6.31. The van der Waals surface area contributed by atoms with E-state index in [1.54, 1.807) is 6.07 Å². The van der Waals surface area contributed by atoms with E-state index in [4.69, 9.17) is 16.7 Å². The van der Waals surface area contributed by atoms with E-state index >= 15 is 0 Å². The molecular weight excluding hydrogens is 278 g/mol. The van der Waals surface area contributed by atoms with Crippen molar-refractivity contribution in [3.05, 3.63) is 28.8 Å². The second-order valence-electron chi connectivity index (χ2n) is 5.23. The number of carboxylic acid groups (broad SMARTS) is 1. The van der Waals surface area contributed by atoms with Crippen LogP contribution in [0.2, 0.25) is 5.02 Å². The lowest BCUT2D eigenvalue weighted by atomic mass is 10.0.